The van der Waals surface area contributed by atoms with Gasteiger partial charge in [0.2, 0.25) is 0 Å². The summed E-state index contributed by atoms with van der Waals surface area (Å²) in [4.78, 5) is 11.8. The number of anilines is 1. The van der Waals surface area contributed by atoms with Crippen LogP contribution >= 0.6 is 0 Å². The highest BCUT2D eigenvalue weighted by atomic mass is 19.1. The maximum absolute atomic E-state index is 13.0. The Labute approximate surface area is 109 Å². The van der Waals surface area contributed by atoms with Crippen molar-refractivity contribution in [3.8, 4) is 0 Å². The third-order valence-electron chi connectivity index (χ3n) is 2.70. The Morgan fingerprint density at radius 1 is 0.895 bits per heavy atom. The smallest absolute Gasteiger partial charge is 0.141 e. The first-order chi connectivity index (χ1) is 9.02. The summed E-state index contributed by atoms with van der Waals surface area (Å²) in [6, 6.07) is 10.1. The van der Waals surface area contributed by atoms with E-state index < -0.39 is 11.6 Å². The summed E-state index contributed by atoms with van der Waals surface area (Å²) >= 11 is 0. The van der Waals surface area contributed by atoms with Gasteiger partial charge in [-0.15, -0.1) is 0 Å². The summed E-state index contributed by atoms with van der Waals surface area (Å²) in [5.41, 5.74) is 7.35. The standard InChI is InChI=1S/C15H13F2NO/c16-12-5-11(6-13(17)9-12)8-15(19)7-10-1-3-14(18)4-2-10/h1-6,9H,7-8,18H2. The van der Waals surface area contributed by atoms with Gasteiger partial charge in [-0.3, -0.25) is 4.79 Å². The van der Waals surface area contributed by atoms with E-state index in [1.807, 2.05) is 0 Å². The Balaban J connectivity index is 2.03. The number of carbonyl (C=O) groups excluding carboxylic acids is 1. The summed E-state index contributed by atoms with van der Waals surface area (Å²) < 4.78 is 26.0. The first kappa shape index (κ1) is 13.2. The number of benzene rings is 2. The molecule has 2 aromatic rings. The Morgan fingerprint density at radius 3 is 2.00 bits per heavy atom. The summed E-state index contributed by atoms with van der Waals surface area (Å²) in [6.45, 7) is 0. The van der Waals surface area contributed by atoms with Gasteiger partial charge in [-0.05, 0) is 35.4 Å². The van der Waals surface area contributed by atoms with E-state index in [1.165, 1.54) is 12.1 Å². The van der Waals surface area contributed by atoms with Crippen molar-refractivity contribution < 1.29 is 13.6 Å². The van der Waals surface area contributed by atoms with E-state index in [-0.39, 0.29) is 18.6 Å². The molecule has 2 nitrogen and oxygen atoms in total. The minimum Gasteiger partial charge on any atom is -0.399 e. The first-order valence-electron chi connectivity index (χ1n) is 5.84. The zero-order valence-electron chi connectivity index (χ0n) is 10.2. The Kier molecular flexibility index (Phi) is 3.90. The number of carbonyl (C=O) groups is 1. The maximum atomic E-state index is 13.0. The van der Waals surface area contributed by atoms with Crippen LogP contribution < -0.4 is 5.73 Å². The molecule has 98 valence electrons. The molecular weight excluding hydrogens is 248 g/mol. The molecule has 0 saturated heterocycles. The molecule has 0 aliphatic rings. The van der Waals surface area contributed by atoms with Crippen LogP contribution in [0, 0.1) is 11.6 Å². The Morgan fingerprint density at radius 2 is 1.42 bits per heavy atom. The highest BCUT2D eigenvalue weighted by Crippen LogP contribution is 2.11. The number of hydrogen-bond donors (Lipinski definition) is 1. The topological polar surface area (TPSA) is 43.1 Å². The summed E-state index contributed by atoms with van der Waals surface area (Å²) in [5, 5.41) is 0. The van der Waals surface area contributed by atoms with Gasteiger partial charge in [-0.1, -0.05) is 12.1 Å². The number of halogens is 2. The second kappa shape index (κ2) is 5.61. The van der Waals surface area contributed by atoms with Crippen LogP contribution in [0.1, 0.15) is 11.1 Å². The molecule has 0 fully saturated rings. The lowest BCUT2D eigenvalue weighted by molar-refractivity contribution is -0.117. The zero-order chi connectivity index (χ0) is 13.8. The molecule has 0 unspecified atom stereocenters. The number of nitrogens with two attached hydrogens (primary N) is 1. The highest BCUT2D eigenvalue weighted by Gasteiger charge is 2.08. The molecule has 0 saturated carbocycles. The van der Waals surface area contributed by atoms with Crippen molar-refractivity contribution in [1.29, 1.82) is 0 Å². The molecule has 0 bridgehead atoms. The van der Waals surface area contributed by atoms with Gasteiger partial charge in [0.05, 0.1) is 0 Å². The lowest BCUT2D eigenvalue weighted by Gasteiger charge is -2.03. The lowest BCUT2D eigenvalue weighted by atomic mass is 10.0. The number of hydrogen-bond acceptors (Lipinski definition) is 2. The van der Waals surface area contributed by atoms with Gasteiger partial charge in [-0.25, -0.2) is 8.78 Å². The van der Waals surface area contributed by atoms with Crippen LogP contribution in [0.25, 0.3) is 0 Å². The number of ketones is 1. The largest absolute Gasteiger partial charge is 0.399 e. The van der Waals surface area contributed by atoms with Crippen molar-refractivity contribution in [2.45, 2.75) is 12.8 Å². The van der Waals surface area contributed by atoms with Gasteiger partial charge in [0.1, 0.15) is 17.4 Å². The van der Waals surface area contributed by atoms with Crippen molar-refractivity contribution in [3.05, 3.63) is 65.2 Å². The monoisotopic (exact) mass is 261 g/mol. The van der Waals surface area contributed by atoms with Crippen LogP contribution in [-0.4, -0.2) is 5.78 Å². The average Bonchev–Trinajstić information content (AvgIpc) is 2.30. The van der Waals surface area contributed by atoms with E-state index in [9.17, 15) is 13.6 Å². The summed E-state index contributed by atoms with van der Waals surface area (Å²) in [7, 11) is 0. The van der Waals surface area contributed by atoms with Gasteiger partial charge in [0.15, 0.2) is 0 Å². The summed E-state index contributed by atoms with van der Waals surface area (Å²) in [6.07, 6.45) is 0.234. The predicted molar refractivity (Wildman–Crippen MR) is 69.6 cm³/mol. The third kappa shape index (κ3) is 3.88. The van der Waals surface area contributed by atoms with E-state index in [2.05, 4.69) is 0 Å². The molecule has 2 N–H and O–H groups in total. The molecule has 4 heteroatoms. The SMILES string of the molecule is Nc1ccc(CC(=O)Cc2cc(F)cc(F)c2)cc1. The molecular formula is C15H13F2NO. The third-order valence-corrected chi connectivity index (χ3v) is 2.70. The first-order valence-corrected chi connectivity index (χ1v) is 5.84. The van der Waals surface area contributed by atoms with Crippen LogP contribution in [0.4, 0.5) is 14.5 Å². The molecule has 0 spiro atoms. The van der Waals surface area contributed by atoms with Crippen molar-refractivity contribution >= 4 is 11.5 Å². The average molecular weight is 261 g/mol. The lowest BCUT2D eigenvalue weighted by Crippen LogP contribution is -2.07. The molecule has 0 heterocycles. The van der Waals surface area contributed by atoms with Crippen LogP contribution in [0.3, 0.4) is 0 Å². The van der Waals surface area contributed by atoms with Crippen molar-refractivity contribution in [2.75, 3.05) is 5.73 Å². The predicted octanol–water partition coefficient (Wildman–Crippen LogP) is 2.90. The van der Waals surface area contributed by atoms with Crippen LogP contribution in [0.5, 0.6) is 0 Å². The van der Waals surface area contributed by atoms with E-state index in [0.717, 1.165) is 11.6 Å². The second-order valence-electron chi connectivity index (χ2n) is 4.41. The van der Waals surface area contributed by atoms with E-state index in [4.69, 9.17) is 5.73 Å². The number of nitrogen functional groups attached to an aromatic ring is 1. The van der Waals surface area contributed by atoms with Crippen LogP contribution in [0.2, 0.25) is 0 Å². The van der Waals surface area contributed by atoms with Crippen molar-refractivity contribution in [3.63, 3.8) is 0 Å². The highest BCUT2D eigenvalue weighted by molar-refractivity contribution is 5.83. The summed E-state index contributed by atoms with van der Waals surface area (Å²) in [5.74, 6) is -1.44. The van der Waals surface area contributed by atoms with Gasteiger partial charge in [0.25, 0.3) is 0 Å². The molecule has 0 amide bonds. The molecule has 0 aliphatic carbocycles. The molecule has 0 radical (unpaired) electrons. The fourth-order valence-corrected chi connectivity index (χ4v) is 1.87. The molecule has 2 aromatic carbocycles. The molecule has 0 aromatic heterocycles. The van der Waals surface area contributed by atoms with E-state index in [0.29, 0.717) is 11.3 Å². The minimum atomic E-state index is -0.671. The molecule has 19 heavy (non-hydrogen) atoms. The van der Waals surface area contributed by atoms with Crippen molar-refractivity contribution in [2.24, 2.45) is 0 Å². The quantitative estimate of drug-likeness (QED) is 0.860. The fraction of sp³-hybridized carbons (Fsp3) is 0.133. The van der Waals surface area contributed by atoms with Gasteiger partial charge < -0.3 is 5.73 Å². The molecule has 2 rings (SSSR count). The van der Waals surface area contributed by atoms with E-state index in [1.54, 1.807) is 24.3 Å². The number of rotatable bonds is 4. The van der Waals surface area contributed by atoms with E-state index >= 15 is 0 Å². The van der Waals surface area contributed by atoms with Gasteiger partial charge >= 0.3 is 0 Å². The van der Waals surface area contributed by atoms with Gasteiger partial charge in [0, 0.05) is 24.6 Å². The molecule has 0 atom stereocenters. The maximum Gasteiger partial charge on any atom is 0.141 e. The van der Waals surface area contributed by atoms with Crippen LogP contribution in [-0.2, 0) is 17.6 Å². The Hall–Kier alpha value is -2.23. The minimum absolute atomic E-state index is 0.0130. The van der Waals surface area contributed by atoms with Crippen molar-refractivity contribution in [1.82, 2.24) is 0 Å². The zero-order valence-corrected chi connectivity index (χ0v) is 10.2. The normalized spacial score (nSPS) is 10.4. The number of Topliss-reactive ketones (excluding diaryl/α,β-unsaturated/α-hetero) is 1. The fourth-order valence-electron chi connectivity index (χ4n) is 1.87. The van der Waals surface area contributed by atoms with Crippen LogP contribution in [0.15, 0.2) is 42.5 Å². The second-order valence-corrected chi connectivity index (χ2v) is 4.41. The molecule has 0 aliphatic heterocycles. The Bertz CT molecular complexity index is 573. The van der Waals surface area contributed by atoms with Gasteiger partial charge in [-0.2, -0.15) is 0 Å².